The molecule has 0 saturated heterocycles. The number of benzene rings is 12. The molecule has 0 bridgehead atoms. The second-order valence-electron chi connectivity index (χ2n) is 33.3. The molecule has 0 radical (unpaired) electrons. The van der Waals surface area contributed by atoms with Crippen LogP contribution in [0.1, 0.15) is 225 Å². The first kappa shape index (κ1) is 90.3. The third kappa shape index (κ3) is 25.4. The maximum Gasteiger partial charge on any atom is 0.344 e. The van der Waals surface area contributed by atoms with Gasteiger partial charge >= 0.3 is 23.9 Å². The predicted molar refractivity (Wildman–Crippen MR) is 498 cm³/mol. The molecule has 4 fully saturated rings. The van der Waals surface area contributed by atoms with Gasteiger partial charge in [0.25, 0.3) is 0 Å². The number of hydrogen-bond donors (Lipinski definition) is 4. The molecule has 4 aliphatic rings. The van der Waals surface area contributed by atoms with Gasteiger partial charge in [0.15, 0.2) is 26.4 Å². The van der Waals surface area contributed by atoms with Gasteiger partial charge in [-0.2, -0.15) is 0 Å². The number of carbonyl (C=O) groups excluding carboxylic acids is 4. The van der Waals surface area contributed by atoms with E-state index in [9.17, 15) is 19.2 Å². The van der Waals surface area contributed by atoms with Crippen LogP contribution in [-0.4, -0.2) is 101 Å². The van der Waals surface area contributed by atoms with Gasteiger partial charge in [0.1, 0.15) is 23.0 Å². The third-order valence-corrected chi connectivity index (χ3v) is 24.8. The van der Waals surface area contributed by atoms with Crippen LogP contribution >= 0.6 is 0 Å². The van der Waals surface area contributed by atoms with Crippen LogP contribution in [0.2, 0.25) is 0 Å². The summed E-state index contributed by atoms with van der Waals surface area (Å²) in [6.07, 6.45) is 13.7. The summed E-state index contributed by atoms with van der Waals surface area (Å²) in [6, 6.07) is 96.3. The van der Waals surface area contributed by atoms with Gasteiger partial charge in [0, 0.05) is 48.3 Å². The Morgan fingerprint density at radius 1 is 0.266 bits per heavy atom. The van der Waals surface area contributed by atoms with Gasteiger partial charge < -0.3 is 59.2 Å². The van der Waals surface area contributed by atoms with Crippen LogP contribution in [-0.2, 0) is 38.1 Å². The third-order valence-electron chi connectivity index (χ3n) is 24.8. The predicted octanol–water partition coefficient (Wildman–Crippen LogP) is 23.1. The first-order valence-corrected chi connectivity index (χ1v) is 45.0. The maximum atomic E-state index is 11.5. The van der Waals surface area contributed by atoms with Crippen molar-refractivity contribution in [3.05, 3.63) is 311 Å². The second kappa shape index (κ2) is 45.8. The number of hydrogen-bond acceptors (Lipinski definition) is 16. The molecule has 16 rings (SSSR count). The molecule has 4 saturated carbocycles. The zero-order valence-electron chi connectivity index (χ0n) is 73.4. The molecular weight excluding hydrogens is 1550 g/mol. The molecule has 4 aliphatic carbocycles. The molecule has 124 heavy (non-hydrogen) atoms. The molecule has 0 spiro atoms. The summed E-state index contributed by atoms with van der Waals surface area (Å²) < 4.78 is 42.2. The monoisotopic (exact) mass is 1670 g/mol. The molecule has 4 N–H and O–H groups in total. The zero-order chi connectivity index (χ0) is 86.5. The van der Waals surface area contributed by atoms with E-state index in [1.54, 1.807) is 27.7 Å². The minimum atomic E-state index is -0.333. The molecule has 12 atom stereocenters. The Kier molecular flexibility index (Phi) is 33.4. The standard InChI is InChI=1S/4C27H31NO3/c4*1-3-30-27(29)18-31-24-11-6-10-21(17-24)22-14-15-23(16-22)28-19(2)25-13-7-9-20-8-4-5-12-26(20)25/h4*4-13,17,19,22-23,28H,3,14-16,18H2,1-2H3/t19-,22+,23+;19-,22+,23-;19-,22-,23+;19-,22-,23-/m1111/s1. The summed E-state index contributed by atoms with van der Waals surface area (Å²) in [5.74, 6) is 3.59. The number of rotatable bonds is 32. The summed E-state index contributed by atoms with van der Waals surface area (Å²) in [7, 11) is 0. The van der Waals surface area contributed by atoms with E-state index in [0.29, 0.717) is 98.4 Å². The lowest BCUT2D eigenvalue weighted by Crippen LogP contribution is -2.29. The molecule has 12 aromatic carbocycles. The Labute approximate surface area is 732 Å². The van der Waals surface area contributed by atoms with Gasteiger partial charge in [-0.15, -0.1) is 0 Å². The number of ether oxygens (including phenoxy) is 8. The van der Waals surface area contributed by atoms with E-state index in [1.165, 1.54) is 87.6 Å². The zero-order valence-corrected chi connectivity index (χ0v) is 73.4. The molecule has 0 unspecified atom stereocenters. The van der Waals surface area contributed by atoms with Crippen LogP contribution in [0.4, 0.5) is 0 Å². The highest BCUT2D eigenvalue weighted by Gasteiger charge is 2.33. The Morgan fingerprint density at radius 3 is 0.685 bits per heavy atom. The molecule has 0 aromatic heterocycles. The normalized spacial score (nSPS) is 19.3. The maximum absolute atomic E-state index is 11.5. The van der Waals surface area contributed by atoms with E-state index in [4.69, 9.17) is 37.9 Å². The van der Waals surface area contributed by atoms with Gasteiger partial charge in [-0.1, -0.05) is 218 Å². The Hall–Kier alpha value is -11.4. The van der Waals surface area contributed by atoms with Gasteiger partial charge in [0.2, 0.25) is 0 Å². The van der Waals surface area contributed by atoms with Crippen molar-refractivity contribution < 1.29 is 57.1 Å². The van der Waals surface area contributed by atoms with E-state index in [1.807, 2.05) is 48.5 Å². The van der Waals surface area contributed by atoms with Crippen molar-refractivity contribution in [2.75, 3.05) is 52.9 Å². The Morgan fingerprint density at radius 2 is 0.468 bits per heavy atom. The second-order valence-corrected chi connectivity index (χ2v) is 33.3. The van der Waals surface area contributed by atoms with Gasteiger partial charge in [-0.3, -0.25) is 0 Å². The quantitative estimate of drug-likeness (QED) is 0.0230. The molecule has 0 aliphatic heterocycles. The van der Waals surface area contributed by atoms with Crippen LogP contribution in [0.5, 0.6) is 23.0 Å². The lowest BCUT2D eigenvalue weighted by atomic mass is 9.96. The topological polar surface area (TPSA) is 190 Å². The van der Waals surface area contributed by atoms with Crippen molar-refractivity contribution in [2.24, 2.45) is 0 Å². The number of carbonyl (C=O) groups is 4. The van der Waals surface area contributed by atoms with E-state index in [-0.39, 0.29) is 50.3 Å². The van der Waals surface area contributed by atoms with Gasteiger partial charge in [-0.25, -0.2) is 19.2 Å². The van der Waals surface area contributed by atoms with Crippen LogP contribution < -0.4 is 40.2 Å². The van der Waals surface area contributed by atoms with Crippen molar-refractivity contribution in [3.63, 3.8) is 0 Å². The van der Waals surface area contributed by atoms with Crippen LogP contribution in [0.25, 0.3) is 43.1 Å². The van der Waals surface area contributed by atoms with Crippen molar-refractivity contribution in [1.82, 2.24) is 21.3 Å². The summed E-state index contributed by atoms with van der Waals surface area (Å²) in [5, 5.41) is 25.9. The fourth-order valence-electron chi connectivity index (χ4n) is 18.8. The highest BCUT2D eigenvalue weighted by molar-refractivity contribution is 5.89. The highest BCUT2D eigenvalue weighted by Crippen LogP contribution is 2.43. The van der Waals surface area contributed by atoms with E-state index >= 15 is 0 Å². The summed E-state index contributed by atoms with van der Waals surface area (Å²) in [4.78, 5) is 46.2. The number of nitrogens with one attached hydrogen (secondary N) is 4. The molecule has 12 aromatic rings. The van der Waals surface area contributed by atoms with Crippen molar-refractivity contribution in [1.29, 1.82) is 0 Å². The van der Waals surface area contributed by atoms with Crippen LogP contribution in [0.3, 0.4) is 0 Å². The molecule has 0 amide bonds. The molecule has 648 valence electrons. The number of esters is 4. The van der Waals surface area contributed by atoms with Crippen LogP contribution in [0.15, 0.2) is 267 Å². The molecule has 16 nitrogen and oxygen atoms in total. The lowest BCUT2D eigenvalue weighted by Gasteiger charge is -2.21. The lowest BCUT2D eigenvalue weighted by molar-refractivity contribution is -0.146. The summed E-state index contributed by atoms with van der Waals surface area (Å²) in [6.45, 7) is 17.5. The molecule has 0 heterocycles. The van der Waals surface area contributed by atoms with Crippen molar-refractivity contribution >= 4 is 67.0 Å². The van der Waals surface area contributed by atoms with Crippen molar-refractivity contribution in [3.8, 4) is 23.0 Å². The summed E-state index contributed by atoms with van der Waals surface area (Å²) >= 11 is 0. The average Bonchev–Trinajstić information content (AvgIpc) is 1.10. The first-order valence-electron chi connectivity index (χ1n) is 45.0. The van der Waals surface area contributed by atoms with Gasteiger partial charge in [0.05, 0.1) is 26.4 Å². The fraction of sp³-hybridized carbons (Fsp3) is 0.370. The first-order chi connectivity index (χ1) is 60.5. The smallest absolute Gasteiger partial charge is 0.344 e. The highest BCUT2D eigenvalue weighted by atomic mass is 16.6. The minimum Gasteiger partial charge on any atom is -0.482 e. The summed E-state index contributed by atoms with van der Waals surface area (Å²) in [5.41, 5.74) is 10.6. The Balaban J connectivity index is 0.000000142. The fourth-order valence-corrected chi connectivity index (χ4v) is 18.8. The Bertz CT molecular complexity index is 4770. The largest absolute Gasteiger partial charge is 0.482 e. The van der Waals surface area contributed by atoms with Gasteiger partial charge in [-0.05, 0) is 292 Å². The SMILES string of the molecule is CCOC(=O)COc1cccc([C@@H]2CC[C@@H](N[C@H](C)c3cccc4ccccc34)C2)c1.CCOC(=O)COc1cccc([C@@H]2CC[C@H](N[C@H](C)c3cccc4ccccc34)C2)c1.CCOC(=O)COc1cccc([C@H]2CC[C@@H](N[C@H](C)c3cccc4ccccc34)C2)c1.CCOC(=O)COc1cccc([C@H]2CC[C@H](N[C@H](C)c3cccc4ccccc34)C2)c1. The molecular formula is C108H124N4O12. The van der Waals surface area contributed by atoms with Crippen molar-refractivity contribution in [2.45, 2.75) is 204 Å². The average molecular weight is 1670 g/mol. The minimum absolute atomic E-state index is 0.0469. The van der Waals surface area contributed by atoms with E-state index in [2.05, 4.69) is 267 Å². The van der Waals surface area contributed by atoms with E-state index < -0.39 is 0 Å². The molecule has 16 heteroatoms. The van der Waals surface area contributed by atoms with Crippen LogP contribution in [0, 0.1) is 0 Å². The number of fused-ring (bicyclic) bond motifs is 4. The van der Waals surface area contributed by atoms with E-state index in [0.717, 1.165) is 100 Å².